The fraction of sp³-hybridized carbons (Fsp3) is 0.538. The van der Waals surface area contributed by atoms with Crippen molar-refractivity contribution in [2.24, 2.45) is 0 Å². The monoisotopic (exact) mass is 408 g/mol. The van der Waals surface area contributed by atoms with Crippen molar-refractivity contribution in [3.8, 4) is 0 Å². The van der Waals surface area contributed by atoms with Crippen LogP contribution in [0.4, 0.5) is 13.2 Å². The lowest BCUT2D eigenvalue weighted by Gasteiger charge is -2.35. The van der Waals surface area contributed by atoms with Gasteiger partial charge in [0.1, 0.15) is 0 Å². The van der Waals surface area contributed by atoms with Crippen LogP contribution in [0.3, 0.4) is 0 Å². The Hall–Kier alpha value is -0.0100. The van der Waals surface area contributed by atoms with Crippen molar-refractivity contribution in [3.63, 3.8) is 0 Å². The third-order valence-electron chi connectivity index (χ3n) is 3.27. The molecule has 0 saturated carbocycles. The molecule has 1 aliphatic rings. The van der Waals surface area contributed by atoms with Crippen molar-refractivity contribution in [1.82, 2.24) is 10.2 Å². The number of hydrogen-bond acceptors (Lipinski definition) is 2. The molecule has 0 aromatic heterocycles. The number of halogens is 6. The Balaban J connectivity index is 0.00000200. The van der Waals surface area contributed by atoms with E-state index in [0.29, 0.717) is 13.1 Å². The van der Waals surface area contributed by atoms with Gasteiger partial charge in [-0.05, 0) is 17.7 Å². The second kappa shape index (κ2) is 9.20. The maximum atomic E-state index is 12.8. The molecule has 1 fully saturated rings. The van der Waals surface area contributed by atoms with E-state index in [2.05, 4.69) is 21.2 Å². The van der Waals surface area contributed by atoms with Gasteiger partial charge >= 0.3 is 6.18 Å². The highest BCUT2D eigenvalue weighted by Gasteiger charge is 2.35. The van der Waals surface area contributed by atoms with Gasteiger partial charge in [0.25, 0.3) is 0 Å². The summed E-state index contributed by atoms with van der Waals surface area (Å²) in [6.07, 6.45) is -4.95. The average Bonchev–Trinajstić information content (AvgIpc) is 2.37. The quantitative estimate of drug-likeness (QED) is 0.805. The fourth-order valence-electron chi connectivity index (χ4n) is 2.36. The molecule has 0 unspecified atom stereocenters. The minimum absolute atomic E-state index is 0. The third kappa shape index (κ3) is 6.74. The minimum Gasteiger partial charge on any atom is -0.314 e. The first-order valence-corrected chi connectivity index (χ1v) is 7.02. The Morgan fingerprint density at radius 3 is 2.10 bits per heavy atom. The Bertz CT molecular complexity index is 409. The van der Waals surface area contributed by atoms with Gasteiger partial charge in [0.15, 0.2) is 0 Å². The first-order valence-electron chi connectivity index (χ1n) is 6.23. The molecule has 1 atom stereocenters. The molecule has 1 saturated heterocycles. The van der Waals surface area contributed by atoms with Gasteiger partial charge in [0, 0.05) is 36.7 Å². The van der Waals surface area contributed by atoms with Crippen LogP contribution in [0.1, 0.15) is 18.0 Å². The van der Waals surface area contributed by atoms with Gasteiger partial charge in [-0.25, -0.2) is 0 Å². The predicted octanol–water partition coefficient (Wildman–Crippen LogP) is 4.19. The molecule has 1 N–H and O–H groups in total. The van der Waals surface area contributed by atoms with Crippen LogP contribution >= 0.6 is 40.7 Å². The smallest absolute Gasteiger partial charge is 0.314 e. The molecule has 1 aromatic rings. The SMILES string of the molecule is Cl.Cl.FC(F)(F)C[C@@H](c1ccc(Br)cc1)N1CCNCC1. The molecular weight excluding hydrogens is 392 g/mol. The molecule has 0 spiro atoms. The topological polar surface area (TPSA) is 15.3 Å². The van der Waals surface area contributed by atoms with Gasteiger partial charge in [-0.15, -0.1) is 24.8 Å². The summed E-state index contributed by atoms with van der Waals surface area (Å²) in [6, 6.07) is 6.53. The van der Waals surface area contributed by atoms with E-state index < -0.39 is 18.6 Å². The van der Waals surface area contributed by atoms with Crippen LogP contribution in [-0.4, -0.2) is 37.3 Å². The number of piperazine rings is 1. The molecule has 0 aliphatic carbocycles. The van der Waals surface area contributed by atoms with E-state index >= 15 is 0 Å². The number of hydrogen-bond donors (Lipinski definition) is 1. The molecule has 2 rings (SSSR count). The standard InChI is InChI=1S/C13H16BrF3N2.2ClH/c14-11-3-1-10(2-4-11)12(9-13(15,16)17)19-7-5-18-6-8-19;;/h1-4,12,18H,5-9H2;2*1H/t12-;;/m0../s1. The maximum Gasteiger partial charge on any atom is 0.390 e. The van der Waals surface area contributed by atoms with Gasteiger partial charge in [-0.3, -0.25) is 4.90 Å². The lowest BCUT2D eigenvalue weighted by Crippen LogP contribution is -2.46. The molecule has 8 heteroatoms. The molecule has 2 nitrogen and oxygen atoms in total. The summed E-state index contributed by atoms with van der Waals surface area (Å²) >= 11 is 3.31. The van der Waals surface area contributed by atoms with E-state index in [4.69, 9.17) is 0 Å². The summed E-state index contributed by atoms with van der Waals surface area (Å²) in [7, 11) is 0. The number of nitrogens with zero attached hydrogens (tertiary/aromatic N) is 1. The predicted molar refractivity (Wildman–Crippen MR) is 86.5 cm³/mol. The van der Waals surface area contributed by atoms with Crippen molar-refractivity contribution in [3.05, 3.63) is 34.3 Å². The van der Waals surface area contributed by atoms with E-state index in [0.717, 1.165) is 23.1 Å². The lowest BCUT2D eigenvalue weighted by molar-refractivity contribution is -0.148. The summed E-state index contributed by atoms with van der Waals surface area (Å²) in [5, 5.41) is 3.16. The number of benzene rings is 1. The Labute approximate surface area is 143 Å². The van der Waals surface area contributed by atoms with Crippen LogP contribution in [0.5, 0.6) is 0 Å². The third-order valence-corrected chi connectivity index (χ3v) is 3.80. The van der Waals surface area contributed by atoms with Crippen molar-refractivity contribution in [2.45, 2.75) is 18.6 Å². The lowest BCUT2D eigenvalue weighted by atomic mass is 10.0. The molecule has 1 heterocycles. The molecule has 21 heavy (non-hydrogen) atoms. The molecular formula is C13H18BrCl2F3N2. The molecule has 122 valence electrons. The van der Waals surface area contributed by atoms with E-state index in [1.807, 2.05) is 4.90 Å². The van der Waals surface area contributed by atoms with Gasteiger partial charge in [-0.2, -0.15) is 13.2 Å². The second-order valence-electron chi connectivity index (χ2n) is 4.67. The number of nitrogens with one attached hydrogen (secondary N) is 1. The zero-order valence-electron chi connectivity index (χ0n) is 11.2. The first-order chi connectivity index (χ1) is 8.96. The Kier molecular flexibility index (Phi) is 9.20. The Morgan fingerprint density at radius 1 is 1.10 bits per heavy atom. The highest BCUT2D eigenvalue weighted by molar-refractivity contribution is 9.10. The van der Waals surface area contributed by atoms with Crippen molar-refractivity contribution >= 4 is 40.7 Å². The van der Waals surface area contributed by atoms with E-state index in [1.165, 1.54) is 0 Å². The van der Waals surface area contributed by atoms with Gasteiger partial charge in [0.05, 0.1) is 6.42 Å². The van der Waals surface area contributed by atoms with Crippen LogP contribution in [-0.2, 0) is 0 Å². The molecule has 0 amide bonds. The molecule has 1 aliphatic heterocycles. The average molecular weight is 410 g/mol. The van der Waals surface area contributed by atoms with Gasteiger partial charge in [-0.1, -0.05) is 28.1 Å². The minimum atomic E-state index is -4.15. The molecule has 0 radical (unpaired) electrons. The number of rotatable bonds is 3. The molecule has 0 bridgehead atoms. The summed E-state index contributed by atoms with van der Waals surface area (Å²) in [6.45, 7) is 2.78. The van der Waals surface area contributed by atoms with Crippen LogP contribution in [0.25, 0.3) is 0 Å². The highest BCUT2D eigenvalue weighted by atomic mass is 79.9. The largest absolute Gasteiger partial charge is 0.390 e. The summed E-state index contributed by atoms with van der Waals surface area (Å²) in [5.41, 5.74) is 0.724. The van der Waals surface area contributed by atoms with Crippen molar-refractivity contribution in [1.29, 1.82) is 0 Å². The van der Waals surface area contributed by atoms with Gasteiger partial charge < -0.3 is 5.32 Å². The highest BCUT2D eigenvalue weighted by Crippen LogP contribution is 2.34. The van der Waals surface area contributed by atoms with E-state index in [-0.39, 0.29) is 24.8 Å². The summed E-state index contributed by atoms with van der Waals surface area (Å²) < 4.78 is 39.2. The molecule has 1 aromatic carbocycles. The zero-order valence-corrected chi connectivity index (χ0v) is 14.4. The normalized spacial score (nSPS) is 17.5. The maximum absolute atomic E-state index is 12.8. The van der Waals surface area contributed by atoms with E-state index in [9.17, 15) is 13.2 Å². The van der Waals surface area contributed by atoms with Crippen LogP contribution in [0.15, 0.2) is 28.7 Å². The van der Waals surface area contributed by atoms with Crippen LogP contribution in [0.2, 0.25) is 0 Å². The second-order valence-corrected chi connectivity index (χ2v) is 5.59. The summed E-state index contributed by atoms with van der Waals surface area (Å²) in [5.74, 6) is 0. The van der Waals surface area contributed by atoms with Crippen molar-refractivity contribution < 1.29 is 13.2 Å². The van der Waals surface area contributed by atoms with E-state index in [1.54, 1.807) is 24.3 Å². The van der Waals surface area contributed by atoms with Crippen molar-refractivity contribution in [2.75, 3.05) is 26.2 Å². The summed E-state index contributed by atoms with van der Waals surface area (Å²) in [4.78, 5) is 1.91. The van der Waals surface area contributed by atoms with Crippen LogP contribution < -0.4 is 5.32 Å². The Morgan fingerprint density at radius 2 is 1.62 bits per heavy atom. The van der Waals surface area contributed by atoms with Gasteiger partial charge in [0.2, 0.25) is 0 Å². The first kappa shape index (κ1) is 21.0. The zero-order chi connectivity index (χ0) is 13.9. The number of alkyl halides is 3. The van der Waals surface area contributed by atoms with Crippen LogP contribution in [0, 0.1) is 0 Å². The fourth-order valence-corrected chi connectivity index (χ4v) is 2.62.